The van der Waals surface area contributed by atoms with Gasteiger partial charge in [-0.25, -0.2) is 17.6 Å². The molecule has 4 rings (SSSR count). The van der Waals surface area contributed by atoms with E-state index in [2.05, 4.69) is 5.32 Å². The fourth-order valence-electron chi connectivity index (χ4n) is 4.68. The summed E-state index contributed by atoms with van der Waals surface area (Å²) in [4.78, 5) is 14.6. The molecule has 2 aliphatic heterocycles. The lowest BCUT2D eigenvalue weighted by Gasteiger charge is -2.41. The van der Waals surface area contributed by atoms with Crippen molar-refractivity contribution in [3.8, 4) is 0 Å². The number of nitrogens with one attached hydrogen (secondary N) is 1. The van der Waals surface area contributed by atoms with Crippen molar-refractivity contribution < 1.29 is 22.3 Å². The van der Waals surface area contributed by atoms with Crippen molar-refractivity contribution in [2.75, 3.05) is 26.2 Å². The zero-order valence-electron chi connectivity index (χ0n) is 18.7. The van der Waals surface area contributed by atoms with Crippen LogP contribution in [0.1, 0.15) is 37.8 Å². The molecule has 2 aromatic rings. The van der Waals surface area contributed by atoms with Crippen LogP contribution in [-0.4, -0.2) is 62.0 Å². The van der Waals surface area contributed by atoms with E-state index in [1.165, 1.54) is 16.4 Å². The van der Waals surface area contributed by atoms with Crippen molar-refractivity contribution in [2.24, 2.45) is 0 Å². The van der Waals surface area contributed by atoms with Crippen LogP contribution in [0.5, 0.6) is 0 Å². The Kier molecular flexibility index (Phi) is 7.31. The average molecular weight is 476 g/mol. The number of piperazine rings is 1. The molecule has 0 aliphatic carbocycles. The van der Waals surface area contributed by atoms with Gasteiger partial charge >= 0.3 is 6.09 Å². The SMILES string of the molecule is C[C@H]1CNCCN1C(=O)OC[C@H]1CCC[C@@H](c2cccc(F)c2)N1S(=O)(=O)c1ccccc1. The third kappa shape index (κ3) is 5.20. The van der Waals surface area contributed by atoms with E-state index in [0.29, 0.717) is 38.0 Å². The van der Waals surface area contributed by atoms with Crippen LogP contribution < -0.4 is 5.32 Å². The van der Waals surface area contributed by atoms with E-state index in [0.717, 1.165) is 6.42 Å². The molecule has 9 heteroatoms. The fraction of sp³-hybridized carbons (Fsp3) is 0.458. The van der Waals surface area contributed by atoms with Crippen molar-refractivity contribution in [3.05, 3.63) is 66.0 Å². The first-order chi connectivity index (χ1) is 15.9. The van der Waals surface area contributed by atoms with Gasteiger partial charge in [0.2, 0.25) is 10.0 Å². The van der Waals surface area contributed by atoms with Crippen molar-refractivity contribution in [3.63, 3.8) is 0 Å². The Hall–Kier alpha value is -2.49. The van der Waals surface area contributed by atoms with Gasteiger partial charge < -0.3 is 15.0 Å². The minimum Gasteiger partial charge on any atom is -0.448 e. The Balaban J connectivity index is 1.62. The molecule has 0 radical (unpaired) electrons. The summed E-state index contributed by atoms with van der Waals surface area (Å²) in [6.07, 6.45) is 1.43. The number of nitrogens with zero attached hydrogens (tertiary/aromatic N) is 2. The lowest BCUT2D eigenvalue weighted by Crippen LogP contribution is -2.53. The van der Waals surface area contributed by atoms with Crippen LogP contribution in [0.25, 0.3) is 0 Å². The van der Waals surface area contributed by atoms with Crippen molar-refractivity contribution in [1.29, 1.82) is 0 Å². The zero-order valence-corrected chi connectivity index (χ0v) is 19.5. The van der Waals surface area contributed by atoms with Crippen LogP contribution in [0.3, 0.4) is 0 Å². The standard InChI is InChI=1S/C24H30FN3O4S/c1-18-16-26-13-14-27(18)24(29)32-17-21-9-6-12-23(19-7-5-8-20(25)15-19)28(21)33(30,31)22-10-3-2-4-11-22/h2-5,7-8,10-11,15,18,21,23,26H,6,9,12-14,16-17H2,1H3/t18-,21+,23-/m0/s1. The molecule has 0 unspecified atom stereocenters. The van der Waals surface area contributed by atoms with E-state index in [4.69, 9.17) is 4.74 Å². The number of carbonyl (C=O) groups excluding carboxylic acids is 1. The monoisotopic (exact) mass is 475 g/mol. The lowest BCUT2D eigenvalue weighted by atomic mass is 9.93. The predicted molar refractivity (Wildman–Crippen MR) is 123 cm³/mol. The molecule has 3 atom stereocenters. The summed E-state index contributed by atoms with van der Waals surface area (Å²) in [5.41, 5.74) is 0.598. The highest BCUT2D eigenvalue weighted by Crippen LogP contribution is 2.39. The van der Waals surface area contributed by atoms with Gasteiger partial charge in [0.1, 0.15) is 12.4 Å². The first kappa shape index (κ1) is 23.7. The second-order valence-corrected chi connectivity index (χ2v) is 10.5. The Morgan fingerprint density at radius 2 is 1.94 bits per heavy atom. The molecule has 2 aromatic carbocycles. The third-order valence-corrected chi connectivity index (χ3v) is 8.34. The smallest absolute Gasteiger partial charge is 0.410 e. The highest BCUT2D eigenvalue weighted by Gasteiger charge is 2.41. The highest BCUT2D eigenvalue weighted by molar-refractivity contribution is 7.89. The molecule has 33 heavy (non-hydrogen) atoms. The van der Waals surface area contributed by atoms with Crippen LogP contribution >= 0.6 is 0 Å². The van der Waals surface area contributed by atoms with E-state index >= 15 is 0 Å². The maximum Gasteiger partial charge on any atom is 0.410 e. The van der Waals surface area contributed by atoms with Crippen LogP contribution in [0.15, 0.2) is 59.5 Å². The Morgan fingerprint density at radius 3 is 2.67 bits per heavy atom. The number of benzene rings is 2. The van der Waals surface area contributed by atoms with Crippen LogP contribution in [-0.2, 0) is 14.8 Å². The molecule has 2 saturated heterocycles. The first-order valence-electron chi connectivity index (χ1n) is 11.4. The summed E-state index contributed by atoms with van der Waals surface area (Å²) in [5, 5.41) is 3.23. The molecule has 0 aromatic heterocycles. The number of amides is 1. The van der Waals surface area contributed by atoms with E-state index in [9.17, 15) is 17.6 Å². The molecule has 0 saturated carbocycles. The van der Waals surface area contributed by atoms with Crippen LogP contribution in [0.4, 0.5) is 9.18 Å². The van der Waals surface area contributed by atoms with Gasteiger partial charge in [0.15, 0.2) is 0 Å². The summed E-state index contributed by atoms with van der Waals surface area (Å²) < 4.78 is 48.6. The molecule has 1 amide bonds. The van der Waals surface area contributed by atoms with E-state index in [-0.39, 0.29) is 17.5 Å². The zero-order chi connectivity index (χ0) is 23.4. The van der Waals surface area contributed by atoms with Gasteiger partial charge in [0.05, 0.1) is 17.0 Å². The molecule has 2 heterocycles. The molecular formula is C24H30FN3O4S. The number of sulfonamides is 1. The highest BCUT2D eigenvalue weighted by atomic mass is 32.2. The van der Waals surface area contributed by atoms with E-state index in [1.54, 1.807) is 47.4 Å². The molecule has 0 spiro atoms. The third-order valence-electron chi connectivity index (χ3n) is 6.37. The minimum absolute atomic E-state index is 0.00167. The number of piperidine rings is 1. The molecule has 2 aliphatic rings. The second-order valence-electron chi connectivity index (χ2n) is 8.63. The molecular weight excluding hydrogens is 445 g/mol. The Labute approximate surface area is 194 Å². The largest absolute Gasteiger partial charge is 0.448 e. The van der Waals surface area contributed by atoms with E-state index < -0.39 is 34.0 Å². The van der Waals surface area contributed by atoms with Gasteiger partial charge in [-0.15, -0.1) is 0 Å². The Bertz CT molecular complexity index is 1070. The predicted octanol–water partition coefficient (Wildman–Crippen LogP) is 3.54. The summed E-state index contributed by atoms with van der Waals surface area (Å²) in [6.45, 7) is 3.82. The van der Waals surface area contributed by atoms with Gasteiger partial charge in [-0.05, 0) is 56.0 Å². The summed E-state index contributed by atoms with van der Waals surface area (Å²) in [5.74, 6) is -0.411. The van der Waals surface area contributed by atoms with Crippen molar-refractivity contribution in [1.82, 2.24) is 14.5 Å². The van der Waals surface area contributed by atoms with Crippen LogP contribution in [0, 0.1) is 5.82 Å². The fourth-order valence-corrected chi connectivity index (χ4v) is 6.55. The maximum atomic E-state index is 14.0. The minimum atomic E-state index is -3.91. The number of hydrogen-bond donors (Lipinski definition) is 1. The van der Waals surface area contributed by atoms with Gasteiger partial charge in [-0.3, -0.25) is 0 Å². The van der Waals surface area contributed by atoms with Crippen LogP contribution in [0.2, 0.25) is 0 Å². The van der Waals surface area contributed by atoms with Gasteiger partial charge in [0.25, 0.3) is 0 Å². The Morgan fingerprint density at radius 1 is 1.15 bits per heavy atom. The molecule has 2 fully saturated rings. The number of hydrogen-bond acceptors (Lipinski definition) is 5. The number of halogens is 1. The van der Waals surface area contributed by atoms with E-state index in [1.807, 2.05) is 6.92 Å². The summed E-state index contributed by atoms with van der Waals surface area (Å²) >= 11 is 0. The van der Waals surface area contributed by atoms with Gasteiger partial charge in [0, 0.05) is 25.7 Å². The topological polar surface area (TPSA) is 79.0 Å². The van der Waals surface area contributed by atoms with Gasteiger partial charge in [-0.1, -0.05) is 30.3 Å². The van der Waals surface area contributed by atoms with Crippen molar-refractivity contribution >= 4 is 16.1 Å². The number of rotatable bonds is 5. The molecule has 1 N–H and O–H groups in total. The summed E-state index contributed by atoms with van der Waals surface area (Å²) in [7, 11) is -3.91. The summed E-state index contributed by atoms with van der Waals surface area (Å²) in [6, 6.07) is 13.2. The normalized spacial score (nSPS) is 24.4. The number of carbonyl (C=O) groups is 1. The molecule has 7 nitrogen and oxygen atoms in total. The lowest BCUT2D eigenvalue weighted by molar-refractivity contribution is 0.0500. The number of ether oxygens (including phenoxy) is 1. The first-order valence-corrected chi connectivity index (χ1v) is 12.8. The maximum absolute atomic E-state index is 14.0. The second kappa shape index (κ2) is 10.2. The average Bonchev–Trinajstić information content (AvgIpc) is 2.83. The quantitative estimate of drug-likeness (QED) is 0.716. The van der Waals surface area contributed by atoms with Gasteiger partial charge in [-0.2, -0.15) is 4.31 Å². The molecule has 178 valence electrons. The van der Waals surface area contributed by atoms with Crippen molar-refractivity contribution in [2.45, 2.75) is 49.2 Å². The molecule has 0 bridgehead atoms.